The van der Waals surface area contributed by atoms with Crippen molar-refractivity contribution in [2.45, 2.75) is 31.1 Å². The molecule has 124 valence electrons. The third-order valence-corrected chi connectivity index (χ3v) is 5.14. The summed E-state index contributed by atoms with van der Waals surface area (Å²) >= 11 is 6.09. The fourth-order valence-corrected chi connectivity index (χ4v) is 3.69. The van der Waals surface area contributed by atoms with E-state index >= 15 is 0 Å². The van der Waals surface area contributed by atoms with Gasteiger partial charge in [0.05, 0.1) is 5.41 Å². The van der Waals surface area contributed by atoms with Crippen molar-refractivity contribution in [2.75, 3.05) is 19.6 Å². The molecular formula is C17H22ClN3O2. The van der Waals surface area contributed by atoms with Gasteiger partial charge >= 0.3 is 6.03 Å². The van der Waals surface area contributed by atoms with E-state index in [-0.39, 0.29) is 17.2 Å². The van der Waals surface area contributed by atoms with Gasteiger partial charge in [0.1, 0.15) is 0 Å². The van der Waals surface area contributed by atoms with Gasteiger partial charge in [-0.05, 0) is 49.3 Å². The van der Waals surface area contributed by atoms with Crippen LogP contribution < -0.4 is 11.1 Å². The Labute approximate surface area is 141 Å². The molecule has 0 aromatic heterocycles. The van der Waals surface area contributed by atoms with E-state index in [1.807, 2.05) is 29.2 Å². The van der Waals surface area contributed by atoms with Gasteiger partial charge < -0.3 is 16.0 Å². The number of carbonyl (C=O) groups is 2. The number of hydrogen-bond donors (Lipinski definition) is 2. The lowest BCUT2D eigenvalue weighted by Crippen LogP contribution is -2.47. The van der Waals surface area contributed by atoms with Gasteiger partial charge in [0.2, 0.25) is 5.91 Å². The predicted molar refractivity (Wildman–Crippen MR) is 89.3 cm³/mol. The highest BCUT2D eigenvalue weighted by molar-refractivity contribution is 6.30. The average Bonchev–Trinajstić information content (AvgIpc) is 3.34. The molecule has 1 aliphatic carbocycles. The van der Waals surface area contributed by atoms with Crippen molar-refractivity contribution in [1.29, 1.82) is 0 Å². The van der Waals surface area contributed by atoms with E-state index in [2.05, 4.69) is 5.32 Å². The normalized spacial score (nSPS) is 22.5. The van der Waals surface area contributed by atoms with E-state index in [1.165, 1.54) is 0 Å². The molecule has 2 fully saturated rings. The summed E-state index contributed by atoms with van der Waals surface area (Å²) in [5.74, 6) is 0.471. The standard InChI is InChI=1S/C17H22ClN3O2/c18-14-5-1-4-13(9-14)17(6-7-17)15(22)21-8-2-3-12(11-21)10-20-16(19)23/h1,4-5,9,12H,2-3,6-8,10-11H2,(H3,19,20,23)/t12-/m1/s1. The van der Waals surface area contributed by atoms with Gasteiger partial charge in [-0.25, -0.2) is 4.79 Å². The molecule has 3 amide bonds. The number of nitrogens with one attached hydrogen (secondary N) is 1. The predicted octanol–water partition coefficient (Wildman–Crippen LogP) is 2.28. The topological polar surface area (TPSA) is 75.4 Å². The molecule has 1 saturated carbocycles. The Balaban J connectivity index is 1.69. The lowest BCUT2D eigenvalue weighted by atomic mass is 9.91. The SMILES string of the molecule is NC(=O)NC[C@H]1CCCN(C(=O)C2(c3cccc(Cl)c3)CC2)C1. The van der Waals surface area contributed by atoms with Crippen molar-refractivity contribution in [3.8, 4) is 0 Å². The van der Waals surface area contributed by atoms with Crippen LogP contribution >= 0.6 is 11.6 Å². The highest BCUT2D eigenvalue weighted by Gasteiger charge is 2.53. The Kier molecular flexibility index (Phi) is 4.48. The number of nitrogens with two attached hydrogens (primary N) is 1. The summed E-state index contributed by atoms with van der Waals surface area (Å²) in [6.45, 7) is 2.00. The van der Waals surface area contributed by atoms with Crippen LogP contribution in [-0.4, -0.2) is 36.5 Å². The van der Waals surface area contributed by atoms with Crippen LogP contribution in [0, 0.1) is 5.92 Å². The molecule has 3 N–H and O–H groups in total. The number of carbonyl (C=O) groups excluding carboxylic acids is 2. The molecule has 0 spiro atoms. The molecule has 1 heterocycles. The summed E-state index contributed by atoms with van der Waals surface area (Å²) in [4.78, 5) is 25.9. The third kappa shape index (κ3) is 3.44. The zero-order valence-corrected chi connectivity index (χ0v) is 13.8. The van der Waals surface area contributed by atoms with E-state index in [4.69, 9.17) is 17.3 Å². The second-order valence-electron chi connectivity index (χ2n) is 6.60. The quantitative estimate of drug-likeness (QED) is 0.885. The number of nitrogens with zero attached hydrogens (tertiary/aromatic N) is 1. The average molecular weight is 336 g/mol. The molecule has 3 rings (SSSR count). The number of amides is 3. The van der Waals surface area contributed by atoms with Crippen LogP contribution in [-0.2, 0) is 10.2 Å². The summed E-state index contributed by atoms with van der Waals surface area (Å²) in [7, 11) is 0. The number of rotatable bonds is 4. The van der Waals surface area contributed by atoms with Crippen molar-refractivity contribution >= 4 is 23.5 Å². The molecule has 5 nitrogen and oxygen atoms in total. The van der Waals surface area contributed by atoms with Gasteiger partial charge in [-0.1, -0.05) is 23.7 Å². The zero-order valence-electron chi connectivity index (χ0n) is 13.1. The number of urea groups is 1. The number of hydrogen-bond acceptors (Lipinski definition) is 2. The van der Waals surface area contributed by atoms with Gasteiger partial charge in [-0.2, -0.15) is 0 Å². The molecule has 2 aliphatic rings. The Hall–Kier alpha value is -1.75. The van der Waals surface area contributed by atoms with Gasteiger partial charge in [0.25, 0.3) is 0 Å². The summed E-state index contributed by atoms with van der Waals surface area (Å²) in [6, 6.07) is 7.12. The number of piperidine rings is 1. The first-order valence-electron chi connectivity index (χ1n) is 8.10. The van der Waals surface area contributed by atoms with Crippen LogP contribution in [0.5, 0.6) is 0 Å². The molecule has 1 aliphatic heterocycles. The maximum Gasteiger partial charge on any atom is 0.312 e. The lowest BCUT2D eigenvalue weighted by molar-refractivity contribution is -0.135. The van der Waals surface area contributed by atoms with E-state index in [1.54, 1.807) is 0 Å². The van der Waals surface area contributed by atoms with Crippen LogP contribution in [0.3, 0.4) is 0 Å². The zero-order chi connectivity index (χ0) is 16.4. The first-order valence-corrected chi connectivity index (χ1v) is 8.48. The molecule has 6 heteroatoms. The van der Waals surface area contributed by atoms with E-state index in [9.17, 15) is 9.59 Å². The second kappa shape index (κ2) is 6.40. The van der Waals surface area contributed by atoms with Crippen LogP contribution in [0.2, 0.25) is 5.02 Å². The number of benzene rings is 1. The largest absolute Gasteiger partial charge is 0.352 e. The van der Waals surface area contributed by atoms with Crippen molar-refractivity contribution in [3.05, 3.63) is 34.9 Å². The molecule has 0 bridgehead atoms. The minimum Gasteiger partial charge on any atom is -0.352 e. The van der Waals surface area contributed by atoms with E-state index in [0.29, 0.717) is 18.1 Å². The number of primary amides is 1. The van der Waals surface area contributed by atoms with Crippen LogP contribution in [0.4, 0.5) is 4.79 Å². The smallest absolute Gasteiger partial charge is 0.312 e. The molecule has 0 unspecified atom stereocenters. The monoisotopic (exact) mass is 335 g/mol. The van der Waals surface area contributed by atoms with Crippen LogP contribution in [0.1, 0.15) is 31.2 Å². The third-order valence-electron chi connectivity index (χ3n) is 4.91. The summed E-state index contributed by atoms with van der Waals surface area (Å²) < 4.78 is 0. The first-order chi connectivity index (χ1) is 11.0. The van der Waals surface area contributed by atoms with Gasteiger partial charge in [0.15, 0.2) is 0 Å². The minimum absolute atomic E-state index is 0.198. The van der Waals surface area contributed by atoms with Gasteiger partial charge in [0, 0.05) is 24.7 Å². The van der Waals surface area contributed by atoms with Crippen molar-refractivity contribution in [1.82, 2.24) is 10.2 Å². The number of halogens is 1. The van der Waals surface area contributed by atoms with Crippen molar-refractivity contribution in [3.63, 3.8) is 0 Å². The van der Waals surface area contributed by atoms with Crippen molar-refractivity contribution < 1.29 is 9.59 Å². The summed E-state index contributed by atoms with van der Waals surface area (Å²) in [5.41, 5.74) is 5.77. The van der Waals surface area contributed by atoms with Gasteiger partial charge in [-0.3, -0.25) is 4.79 Å². The molecular weight excluding hydrogens is 314 g/mol. The van der Waals surface area contributed by atoms with Crippen LogP contribution in [0.25, 0.3) is 0 Å². The Bertz CT molecular complexity index is 616. The molecule has 1 saturated heterocycles. The minimum atomic E-state index is -0.508. The fraction of sp³-hybridized carbons (Fsp3) is 0.529. The Morgan fingerprint density at radius 2 is 2.17 bits per heavy atom. The maximum atomic E-state index is 13.0. The summed E-state index contributed by atoms with van der Waals surface area (Å²) in [6.07, 6.45) is 3.73. The lowest BCUT2D eigenvalue weighted by Gasteiger charge is -2.35. The maximum absolute atomic E-state index is 13.0. The Morgan fingerprint density at radius 3 is 2.83 bits per heavy atom. The number of likely N-dealkylation sites (tertiary alicyclic amines) is 1. The molecule has 0 radical (unpaired) electrons. The van der Waals surface area contributed by atoms with E-state index < -0.39 is 6.03 Å². The van der Waals surface area contributed by atoms with Crippen molar-refractivity contribution in [2.24, 2.45) is 11.7 Å². The molecule has 1 atom stereocenters. The molecule has 1 aromatic carbocycles. The molecule has 23 heavy (non-hydrogen) atoms. The highest BCUT2D eigenvalue weighted by Crippen LogP contribution is 2.50. The van der Waals surface area contributed by atoms with E-state index in [0.717, 1.165) is 37.8 Å². The highest BCUT2D eigenvalue weighted by atomic mass is 35.5. The summed E-state index contributed by atoms with van der Waals surface area (Å²) in [5, 5.41) is 3.32. The van der Waals surface area contributed by atoms with Crippen LogP contribution in [0.15, 0.2) is 24.3 Å². The molecule has 1 aromatic rings. The van der Waals surface area contributed by atoms with Gasteiger partial charge in [-0.15, -0.1) is 0 Å². The first kappa shape index (κ1) is 16.1. The Morgan fingerprint density at radius 1 is 1.39 bits per heavy atom. The fourth-order valence-electron chi connectivity index (χ4n) is 3.50. The second-order valence-corrected chi connectivity index (χ2v) is 7.03.